The summed E-state index contributed by atoms with van der Waals surface area (Å²) in [5.41, 5.74) is 8.07. The van der Waals surface area contributed by atoms with Crippen LogP contribution in [-0.4, -0.2) is 15.0 Å². The van der Waals surface area contributed by atoms with Crippen molar-refractivity contribution in [2.24, 2.45) is 0 Å². The Morgan fingerprint density at radius 2 is 1.05 bits per heavy atom. The average Bonchev–Trinajstić information content (AvgIpc) is 3.55. The molecule has 0 radical (unpaired) electrons. The Bertz CT molecular complexity index is 2420. The fourth-order valence-electron chi connectivity index (χ4n) is 6.78. The van der Waals surface area contributed by atoms with Crippen molar-refractivity contribution >= 4 is 42.3 Å². The van der Waals surface area contributed by atoms with Crippen molar-refractivity contribution in [3.8, 4) is 45.3 Å². The molecule has 4 heteroatoms. The van der Waals surface area contributed by atoms with Gasteiger partial charge < -0.3 is 0 Å². The third-order valence-electron chi connectivity index (χ3n) is 9.10. The Morgan fingerprint density at radius 1 is 0.455 bits per heavy atom. The van der Waals surface area contributed by atoms with Crippen LogP contribution in [0.5, 0.6) is 0 Å². The summed E-state index contributed by atoms with van der Waals surface area (Å²) in [5.74, 6) is 2.04. The van der Waals surface area contributed by atoms with Gasteiger partial charge in [-0.1, -0.05) is 98.8 Å². The van der Waals surface area contributed by atoms with Crippen LogP contribution < -0.4 is 0 Å². The van der Waals surface area contributed by atoms with Gasteiger partial charge in [0.2, 0.25) is 0 Å². The monoisotopic (exact) mass is 581 g/mol. The molecular formula is C40H27N3S. The van der Waals surface area contributed by atoms with E-state index < -0.39 is 0 Å². The third-order valence-corrected chi connectivity index (χ3v) is 10.3. The summed E-state index contributed by atoms with van der Waals surface area (Å²) < 4.78 is 2.55. The van der Waals surface area contributed by atoms with Crippen LogP contribution in [0.1, 0.15) is 25.0 Å². The van der Waals surface area contributed by atoms with E-state index in [9.17, 15) is 0 Å². The number of aromatic nitrogens is 3. The highest BCUT2D eigenvalue weighted by molar-refractivity contribution is 7.25. The molecule has 0 unspecified atom stereocenters. The van der Waals surface area contributed by atoms with Crippen LogP contribution >= 0.6 is 11.3 Å². The van der Waals surface area contributed by atoms with E-state index in [0.717, 1.165) is 16.7 Å². The van der Waals surface area contributed by atoms with Crippen LogP contribution in [0.4, 0.5) is 0 Å². The molecule has 0 N–H and O–H groups in total. The molecule has 0 spiro atoms. The van der Waals surface area contributed by atoms with Gasteiger partial charge >= 0.3 is 0 Å². The minimum Gasteiger partial charge on any atom is -0.208 e. The Balaban J connectivity index is 1.22. The maximum atomic E-state index is 5.12. The number of hydrogen-bond acceptors (Lipinski definition) is 4. The Hall–Kier alpha value is -5.19. The molecule has 0 amide bonds. The first-order valence-electron chi connectivity index (χ1n) is 14.9. The van der Waals surface area contributed by atoms with E-state index in [1.54, 1.807) is 0 Å². The summed E-state index contributed by atoms with van der Waals surface area (Å²) in [4.78, 5) is 15.2. The van der Waals surface area contributed by atoms with E-state index in [1.165, 1.54) is 53.2 Å². The highest BCUT2D eigenvalue weighted by atomic mass is 32.1. The quantitative estimate of drug-likeness (QED) is 0.208. The molecule has 2 heterocycles. The van der Waals surface area contributed by atoms with Crippen molar-refractivity contribution in [1.29, 1.82) is 0 Å². The second-order valence-electron chi connectivity index (χ2n) is 12.1. The lowest BCUT2D eigenvalue weighted by molar-refractivity contribution is 0.661. The number of nitrogens with zero attached hydrogens (tertiary/aromatic N) is 3. The predicted molar refractivity (Wildman–Crippen MR) is 184 cm³/mol. The van der Waals surface area contributed by atoms with Crippen LogP contribution in [0.15, 0.2) is 127 Å². The fourth-order valence-corrected chi connectivity index (χ4v) is 7.86. The first-order chi connectivity index (χ1) is 21.5. The van der Waals surface area contributed by atoms with E-state index in [-0.39, 0.29) is 5.41 Å². The Labute approximate surface area is 259 Å². The average molecular weight is 582 g/mol. The molecular weight excluding hydrogens is 555 g/mol. The van der Waals surface area contributed by atoms with Crippen LogP contribution in [0.25, 0.3) is 76.2 Å². The van der Waals surface area contributed by atoms with E-state index in [1.807, 2.05) is 29.5 Å². The summed E-state index contributed by atoms with van der Waals surface area (Å²) in [6.45, 7) is 4.65. The molecule has 0 aliphatic heterocycles. The normalized spacial score (nSPS) is 13.4. The lowest BCUT2D eigenvalue weighted by atomic mass is 9.81. The standard InChI is InChI=1S/C40H27N3S/c1-40(2)33-23-28(16-18-29(33)31-20-25-12-6-7-13-26(25)22-34(31)40)39-42-37(24-10-4-3-5-11-24)41-38(43-39)27-17-19-36-32(21-27)30-14-8-9-15-35(30)44-36/h3-23H,1-2H3. The van der Waals surface area contributed by atoms with Crippen molar-refractivity contribution in [2.45, 2.75) is 19.3 Å². The van der Waals surface area contributed by atoms with Gasteiger partial charge in [0.25, 0.3) is 0 Å². The van der Waals surface area contributed by atoms with Gasteiger partial charge in [-0.3, -0.25) is 0 Å². The van der Waals surface area contributed by atoms with Gasteiger partial charge in [-0.25, -0.2) is 15.0 Å². The second kappa shape index (κ2) is 9.40. The van der Waals surface area contributed by atoms with Crippen molar-refractivity contribution in [3.05, 3.63) is 139 Å². The van der Waals surface area contributed by atoms with Gasteiger partial charge in [-0.05, 0) is 75.5 Å². The van der Waals surface area contributed by atoms with Gasteiger partial charge in [0.05, 0.1) is 0 Å². The van der Waals surface area contributed by atoms with Crippen molar-refractivity contribution in [1.82, 2.24) is 15.0 Å². The van der Waals surface area contributed by atoms with Crippen LogP contribution in [0.2, 0.25) is 0 Å². The maximum Gasteiger partial charge on any atom is 0.164 e. The van der Waals surface area contributed by atoms with Crippen LogP contribution in [0, 0.1) is 0 Å². The summed E-state index contributed by atoms with van der Waals surface area (Å²) in [7, 11) is 0. The summed E-state index contributed by atoms with van der Waals surface area (Å²) in [6.07, 6.45) is 0. The molecule has 1 aliphatic rings. The van der Waals surface area contributed by atoms with Gasteiger partial charge in [0.1, 0.15) is 0 Å². The molecule has 0 saturated carbocycles. The van der Waals surface area contributed by atoms with Crippen molar-refractivity contribution in [3.63, 3.8) is 0 Å². The molecule has 0 saturated heterocycles. The number of benzene rings is 6. The predicted octanol–water partition coefficient (Wildman–Crippen LogP) is 10.7. The van der Waals surface area contributed by atoms with Crippen molar-refractivity contribution < 1.29 is 0 Å². The molecule has 208 valence electrons. The molecule has 0 bridgehead atoms. The Morgan fingerprint density at radius 3 is 1.84 bits per heavy atom. The zero-order chi connectivity index (χ0) is 29.4. The number of thiophene rings is 1. The lowest BCUT2D eigenvalue weighted by Gasteiger charge is -2.22. The van der Waals surface area contributed by atoms with Gasteiger partial charge in [0, 0.05) is 42.3 Å². The summed E-state index contributed by atoms with van der Waals surface area (Å²) in [5, 5.41) is 5.04. The topological polar surface area (TPSA) is 38.7 Å². The minimum absolute atomic E-state index is 0.145. The molecule has 0 fully saturated rings. The number of fused-ring (bicyclic) bond motifs is 7. The molecule has 0 atom stereocenters. The van der Waals surface area contributed by atoms with Gasteiger partial charge in [-0.2, -0.15) is 0 Å². The number of rotatable bonds is 3. The van der Waals surface area contributed by atoms with Gasteiger partial charge in [0.15, 0.2) is 17.5 Å². The SMILES string of the molecule is CC1(C)c2cc(-c3nc(-c4ccccc4)nc(-c4ccc5sc6ccccc6c5c4)n3)ccc2-c2cc3ccccc3cc21. The molecule has 1 aliphatic carbocycles. The van der Waals surface area contributed by atoms with E-state index in [0.29, 0.717) is 17.5 Å². The van der Waals surface area contributed by atoms with Crippen molar-refractivity contribution in [2.75, 3.05) is 0 Å². The van der Waals surface area contributed by atoms with E-state index >= 15 is 0 Å². The number of hydrogen-bond donors (Lipinski definition) is 0. The molecule has 6 aromatic carbocycles. The zero-order valence-corrected chi connectivity index (χ0v) is 25.2. The third kappa shape index (κ3) is 3.84. The van der Waals surface area contributed by atoms with Crippen LogP contribution in [0.3, 0.4) is 0 Å². The van der Waals surface area contributed by atoms with E-state index in [2.05, 4.69) is 123 Å². The molecule has 9 rings (SSSR count). The lowest BCUT2D eigenvalue weighted by Crippen LogP contribution is -2.15. The zero-order valence-electron chi connectivity index (χ0n) is 24.4. The molecule has 3 nitrogen and oxygen atoms in total. The second-order valence-corrected chi connectivity index (χ2v) is 13.2. The van der Waals surface area contributed by atoms with Gasteiger partial charge in [-0.15, -0.1) is 11.3 Å². The highest BCUT2D eigenvalue weighted by Crippen LogP contribution is 2.50. The molecule has 44 heavy (non-hydrogen) atoms. The molecule has 8 aromatic rings. The highest BCUT2D eigenvalue weighted by Gasteiger charge is 2.36. The van der Waals surface area contributed by atoms with Crippen LogP contribution in [-0.2, 0) is 5.41 Å². The fraction of sp³-hybridized carbons (Fsp3) is 0.0750. The molecule has 2 aromatic heterocycles. The first kappa shape index (κ1) is 25.3. The maximum absolute atomic E-state index is 5.12. The first-order valence-corrected chi connectivity index (χ1v) is 15.8. The summed E-state index contributed by atoms with van der Waals surface area (Å²) in [6, 6.07) is 45.4. The largest absolute Gasteiger partial charge is 0.208 e. The smallest absolute Gasteiger partial charge is 0.164 e. The summed E-state index contributed by atoms with van der Waals surface area (Å²) >= 11 is 1.82. The van der Waals surface area contributed by atoms with E-state index in [4.69, 9.17) is 15.0 Å². The minimum atomic E-state index is -0.145. The Kier molecular flexibility index (Phi) is 5.41.